The first-order chi connectivity index (χ1) is 39.3. The SMILES string of the molecule is Cc1ncsc1-c1ccc(CNC(=O)[C@@H]2C[C@@H](OC(=O)CCC(=O)OCCOCCO)CN2C(=O)[C@@H](NC(=O)COCCOCCOCCNC(=O)C[C@@H]2N=C(c3ccc(Cl)cc3)c3c(sc(C)c3C)-n3c(C)nnc32)C(C)(C)C)cc1. The Kier molecular flexibility index (Phi) is 23.2. The Labute approximate surface area is 489 Å². The van der Waals surface area contributed by atoms with E-state index in [1.165, 1.54) is 16.2 Å². The molecule has 7 rings (SSSR count). The van der Waals surface area contributed by atoms with Gasteiger partial charge in [-0.15, -0.1) is 32.9 Å². The molecule has 5 heterocycles. The van der Waals surface area contributed by atoms with Gasteiger partial charge in [0.2, 0.25) is 23.6 Å². The molecule has 4 amide bonds. The van der Waals surface area contributed by atoms with Crippen LogP contribution in [0.5, 0.6) is 0 Å². The first kappa shape index (κ1) is 63.1. The van der Waals surface area contributed by atoms with Gasteiger partial charge in [0.1, 0.15) is 48.3 Å². The van der Waals surface area contributed by atoms with Gasteiger partial charge in [0.05, 0.1) is 100 Å². The standard InChI is InChI=1S/C57H72ClN9O13S2/c1-34-36(3)82-56-49(34)50(39-12-14-41(58)15-13-39)62-43(53-65-64-37(4)67(53)56)29-45(69)59-18-20-75-22-23-77-24-25-78-32-46(70)63-52(57(5,6)7)55(74)66-31-42(80-48(72)17-16-47(71)79-27-26-76-21-19-68)28-44(66)54(73)60-30-38-8-10-40(11-9-38)51-35(2)61-33-81-51/h8-15,33,42-44,52,68H,16-32H2,1-7H3,(H,59,69)(H,60,73)(H,63,70)/t42-,43+,44+,52-/m1/s1. The number of esters is 2. The minimum Gasteiger partial charge on any atom is -0.463 e. The summed E-state index contributed by atoms with van der Waals surface area (Å²) in [5.74, 6) is -1.91. The minimum absolute atomic E-state index is 0.0257. The van der Waals surface area contributed by atoms with E-state index in [-0.39, 0.29) is 117 Å². The van der Waals surface area contributed by atoms with Crippen LogP contribution in [0.25, 0.3) is 15.4 Å². The maximum absolute atomic E-state index is 14.5. The minimum atomic E-state index is -1.11. The fourth-order valence-electron chi connectivity index (χ4n) is 9.20. The molecule has 2 aliphatic rings. The summed E-state index contributed by atoms with van der Waals surface area (Å²) in [6, 6.07) is 12.4. The van der Waals surface area contributed by atoms with Crippen molar-refractivity contribution in [3.63, 3.8) is 0 Å². The number of ether oxygens (including phenoxy) is 6. The van der Waals surface area contributed by atoms with Crippen molar-refractivity contribution in [2.24, 2.45) is 10.4 Å². The van der Waals surface area contributed by atoms with Crippen molar-refractivity contribution >= 4 is 75.6 Å². The number of carbonyl (C=O) groups excluding carboxylic acids is 6. The monoisotopic (exact) mass is 1190 g/mol. The second kappa shape index (κ2) is 30.2. The molecule has 1 fully saturated rings. The average molecular weight is 1190 g/mol. The maximum Gasteiger partial charge on any atom is 0.306 e. The number of halogens is 1. The van der Waals surface area contributed by atoms with Crippen LogP contribution in [0.2, 0.25) is 5.02 Å². The van der Waals surface area contributed by atoms with E-state index in [1.54, 1.807) is 37.6 Å². The van der Waals surface area contributed by atoms with Gasteiger partial charge in [0, 0.05) is 40.5 Å². The normalized spacial score (nSPS) is 16.1. The predicted molar refractivity (Wildman–Crippen MR) is 307 cm³/mol. The number of likely N-dealkylation sites (tertiary alicyclic amines) is 1. The maximum atomic E-state index is 14.5. The van der Waals surface area contributed by atoms with E-state index in [2.05, 4.69) is 45.0 Å². The van der Waals surface area contributed by atoms with Crippen molar-refractivity contribution in [1.82, 2.24) is 40.6 Å². The van der Waals surface area contributed by atoms with Gasteiger partial charge < -0.3 is 54.4 Å². The van der Waals surface area contributed by atoms with Crippen molar-refractivity contribution in [2.45, 2.75) is 105 Å². The van der Waals surface area contributed by atoms with Gasteiger partial charge in [0.15, 0.2) is 5.82 Å². The van der Waals surface area contributed by atoms with Crippen LogP contribution in [0.4, 0.5) is 0 Å². The van der Waals surface area contributed by atoms with Gasteiger partial charge in [0.25, 0.3) is 0 Å². The Hall–Kier alpha value is -6.51. The number of nitrogens with zero attached hydrogens (tertiary/aromatic N) is 6. The molecule has 0 radical (unpaired) electrons. The van der Waals surface area contributed by atoms with Crippen molar-refractivity contribution in [2.75, 3.05) is 79.2 Å². The highest BCUT2D eigenvalue weighted by molar-refractivity contribution is 7.15. The van der Waals surface area contributed by atoms with Crippen molar-refractivity contribution in [3.05, 3.63) is 104 Å². The molecule has 0 bridgehead atoms. The van der Waals surface area contributed by atoms with Crippen molar-refractivity contribution in [3.8, 4) is 15.4 Å². The molecule has 4 atom stereocenters. The molecule has 82 heavy (non-hydrogen) atoms. The molecule has 0 unspecified atom stereocenters. The fourth-order valence-corrected chi connectivity index (χ4v) is 11.4. The van der Waals surface area contributed by atoms with Crippen LogP contribution in [0.15, 0.2) is 59.0 Å². The van der Waals surface area contributed by atoms with Crippen LogP contribution in [0.1, 0.15) is 97.0 Å². The Bertz CT molecular complexity index is 3030. The number of thiophene rings is 1. The number of aryl methyl sites for hydroxylation is 3. The number of amides is 4. The number of aliphatic hydroxyl groups excluding tert-OH is 1. The predicted octanol–water partition coefficient (Wildman–Crippen LogP) is 5.48. The number of hydrogen-bond donors (Lipinski definition) is 4. The molecule has 0 saturated carbocycles. The highest BCUT2D eigenvalue weighted by Gasteiger charge is 2.46. The summed E-state index contributed by atoms with van der Waals surface area (Å²) in [5.41, 5.74) is 7.39. The number of aromatic nitrogens is 4. The second-order valence-electron chi connectivity index (χ2n) is 20.7. The number of thiazole rings is 1. The fraction of sp³-hybridized carbons (Fsp3) is 0.509. The number of rotatable bonds is 29. The quantitative estimate of drug-likeness (QED) is 0.0341. The van der Waals surface area contributed by atoms with Crippen LogP contribution in [-0.4, -0.2) is 168 Å². The molecule has 4 N–H and O–H groups in total. The number of benzene rings is 2. The van der Waals surface area contributed by atoms with Gasteiger partial charge >= 0.3 is 11.9 Å². The zero-order valence-corrected chi connectivity index (χ0v) is 49.6. The second-order valence-corrected chi connectivity index (χ2v) is 23.2. The first-order valence-corrected chi connectivity index (χ1v) is 29.2. The van der Waals surface area contributed by atoms with E-state index in [1.807, 2.05) is 66.9 Å². The summed E-state index contributed by atoms with van der Waals surface area (Å²) in [6.45, 7) is 14.1. The van der Waals surface area contributed by atoms with Gasteiger partial charge in [-0.1, -0.05) is 68.8 Å². The number of fused-ring (bicyclic) bond motifs is 3. The highest BCUT2D eigenvalue weighted by atomic mass is 35.5. The zero-order valence-electron chi connectivity index (χ0n) is 47.3. The molecule has 5 aromatic rings. The molecule has 0 spiro atoms. The lowest BCUT2D eigenvalue weighted by atomic mass is 9.85. The van der Waals surface area contributed by atoms with Gasteiger partial charge in [-0.3, -0.25) is 38.3 Å². The van der Waals surface area contributed by atoms with Gasteiger partial charge in [-0.05, 0) is 61.9 Å². The molecule has 3 aromatic heterocycles. The third-order valence-corrected chi connectivity index (χ3v) is 16.0. The number of nitrogens with one attached hydrogen (secondary N) is 3. The molecule has 25 heteroatoms. The molecular formula is C57H72ClN9O13S2. The molecule has 0 aliphatic carbocycles. The summed E-state index contributed by atoms with van der Waals surface area (Å²) in [7, 11) is 0. The van der Waals surface area contributed by atoms with E-state index in [0.717, 1.165) is 54.0 Å². The number of carbonyl (C=O) groups is 6. The van der Waals surface area contributed by atoms with E-state index in [0.29, 0.717) is 16.7 Å². The number of aliphatic imine (C=N–C) groups is 1. The van der Waals surface area contributed by atoms with Crippen molar-refractivity contribution < 1.29 is 62.3 Å². The smallest absolute Gasteiger partial charge is 0.306 e. The Balaban J connectivity index is 0.843. The Morgan fingerprint density at radius 1 is 0.805 bits per heavy atom. The lowest BCUT2D eigenvalue weighted by molar-refractivity contribution is -0.154. The molecule has 22 nitrogen and oxygen atoms in total. The molecule has 2 aliphatic heterocycles. The van der Waals surface area contributed by atoms with Crippen LogP contribution in [0.3, 0.4) is 0 Å². The largest absolute Gasteiger partial charge is 0.463 e. The summed E-state index contributed by atoms with van der Waals surface area (Å²) in [6.07, 6.45) is -1.44. The number of aliphatic hydroxyl groups is 1. The van der Waals surface area contributed by atoms with E-state index < -0.39 is 59.3 Å². The van der Waals surface area contributed by atoms with Crippen LogP contribution in [0, 0.1) is 33.1 Å². The summed E-state index contributed by atoms with van der Waals surface area (Å²) in [4.78, 5) is 93.4. The Morgan fingerprint density at radius 3 is 2.17 bits per heavy atom. The number of hydrogen-bond acceptors (Lipinski definition) is 19. The summed E-state index contributed by atoms with van der Waals surface area (Å²) >= 11 is 9.42. The van der Waals surface area contributed by atoms with E-state index >= 15 is 0 Å². The van der Waals surface area contributed by atoms with E-state index in [4.69, 9.17) is 50.1 Å². The molecular weight excluding hydrogens is 1120 g/mol. The van der Waals surface area contributed by atoms with Crippen LogP contribution >= 0.6 is 34.3 Å². The third-order valence-electron chi connectivity index (χ3n) is 13.5. The highest BCUT2D eigenvalue weighted by Crippen LogP contribution is 2.40. The van der Waals surface area contributed by atoms with Crippen molar-refractivity contribution in [1.29, 1.82) is 0 Å². The lowest BCUT2D eigenvalue weighted by Gasteiger charge is -2.35. The van der Waals surface area contributed by atoms with Gasteiger partial charge in [-0.2, -0.15) is 0 Å². The topological polar surface area (TPSA) is 273 Å². The Morgan fingerprint density at radius 2 is 1.48 bits per heavy atom. The first-order valence-electron chi connectivity index (χ1n) is 27.1. The van der Waals surface area contributed by atoms with E-state index in [9.17, 15) is 28.8 Å². The zero-order chi connectivity index (χ0) is 58.9. The van der Waals surface area contributed by atoms with Gasteiger partial charge in [-0.25, -0.2) is 4.98 Å². The molecule has 2 aromatic carbocycles. The van der Waals surface area contributed by atoms with Crippen LogP contribution < -0.4 is 16.0 Å². The van der Waals surface area contributed by atoms with Crippen LogP contribution in [-0.2, 0) is 63.7 Å². The third kappa shape index (κ3) is 17.3. The molecule has 1 saturated heterocycles. The lowest BCUT2D eigenvalue weighted by Crippen LogP contribution is -2.58. The molecule has 442 valence electrons. The summed E-state index contributed by atoms with van der Waals surface area (Å²) < 4.78 is 34.8. The summed E-state index contributed by atoms with van der Waals surface area (Å²) in [5, 5.41) is 27.9. The average Bonchev–Trinajstić information content (AvgIpc) is 3.05.